The molecule has 0 fully saturated rings. The Hall–Kier alpha value is -1.64. The van der Waals surface area contributed by atoms with Gasteiger partial charge in [-0.15, -0.1) is 11.6 Å². The lowest BCUT2D eigenvalue weighted by Crippen LogP contribution is -2.42. The summed E-state index contributed by atoms with van der Waals surface area (Å²) in [6, 6.07) is 6.63. The van der Waals surface area contributed by atoms with Gasteiger partial charge in [-0.25, -0.2) is 0 Å². The van der Waals surface area contributed by atoms with Gasteiger partial charge >= 0.3 is 0 Å². The zero-order chi connectivity index (χ0) is 14.8. The minimum absolute atomic E-state index is 0.297. The highest BCUT2D eigenvalue weighted by Gasteiger charge is 2.45. The molecule has 0 spiro atoms. The summed E-state index contributed by atoms with van der Waals surface area (Å²) in [5.41, 5.74) is 0.297. The maximum atomic E-state index is 12.7. The first kappa shape index (κ1) is 14.8. The molecule has 4 heteroatoms. The summed E-state index contributed by atoms with van der Waals surface area (Å²) < 4.78 is 0. The monoisotopic (exact) mass is 306 g/mol. The third kappa shape index (κ3) is 2.49. The van der Waals surface area contributed by atoms with E-state index in [1.54, 1.807) is 42.5 Å². The summed E-state index contributed by atoms with van der Waals surface area (Å²) in [7, 11) is 0. The van der Waals surface area contributed by atoms with Crippen molar-refractivity contribution in [3.63, 3.8) is 0 Å². The highest BCUT2D eigenvalue weighted by atomic mass is 35.5. The van der Waals surface area contributed by atoms with E-state index < -0.39 is 16.6 Å². The fraction of sp³-hybridized carbons (Fsp3) is 0.125. The highest BCUT2D eigenvalue weighted by molar-refractivity contribution is 6.44. The molecule has 2 nitrogen and oxygen atoms in total. The summed E-state index contributed by atoms with van der Waals surface area (Å²) in [5.74, 6) is -1.48. The lowest BCUT2D eigenvalue weighted by Gasteiger charge is -2.30. The van der Waals surface area contributed by atoms with Crippen LogP contribution in [0.15, 0.2) is 61.2 Å². The number of halogens is 2. The van der Waals surface area contributed by atoms with Crippen LogP contribution in [-0.4, -0.2) is 16.4 Å². The van der Waals surface area contributed by atoms with Crippen molar-refractivity contribution in [1.29, 1.82) is 0 Å². The minimum Gasteiger partial charge on any atom is -0.294 e. The standard InChI is InChI=1S/C16H12Cl2O2/c1-2-14(19)12-8-5-6-10-16(12,18)15(20)11-7-3-4-9-13(11)17/h2-10,12H,1H2. The second kappa shape index (κ2) is 5.78. The normalized spacial score (nSPS) is 24.4. The van der Waals surface area contributed by atoms with Crippen LogP contribution >= 0.6 is 23.2 Å². The molecule has 0 heterocycles. The van der Waals surface area contributed by atoms with Crippen LogP contribution in [0.2, 0.25) is 5.02 Å². The number of alkyl halides is 1. The molecule has 1 aromatic carbocycles. The average molecular weight is 307 g/mol. The Morgan fingerprint density at radius 1 is 1.25 bits per heavy atom. The van der Waals surface area contributed by atoms with Gasteiger partial charge in [-0.3, -0.25) is 9.59 Å². The third-order valence-corrected chi connectivity index (χ3v) is 4.04. The van der Waals surface area contributed by atoms with E-state index in [4.69, 9.17) is 23.2 Å². The van der Waals surface area contributed by atoms with Crippen molar-refractivity contribution in [1.82, 2.24) is 0 Å². The predicted molar refractivity (Wildman–Crippen MR) is 81.3 cm³/mol. The molecule has 0 aromatic heterocycles. The van der Waals surface area contributed by atoms with Crippen molar-refractivity contribution in [2.24, 2.45) is 5.92 Å². The van der Waals surface area contributed by atoms with Crippen molar-refractivity contribution in [3.8, 4) is 0 Å². The second-order valence-corrected chi connectivity index (χ2v) is 5.44. The zero-order valence-corrected chi connectivity index (χ0v) is 12.1. The van der Waals surface area contributed by atoms with E-state index in [9.17, 15) is 9.59 Å². The van der Waals surface area contributed by atoms with Gasteiger partial charge in [0.25, 0.3) is 0 Å². The van der Waals surface area contributed by atoms with E-state index in [1.165, 1.54) is 12.2 Å². The molecule has 0 N–H and O–H groups in total. The molecule has 0 aliphatic heterocycles. The van der Waals surface area contributed by atoms with Gasteiger partial charge in [0.2, 0.25) is 0 Å². The number of ketones is 2. The van der Waals surface area contributed by atoms with Crippen LogP contribution in [0.5, 0.6) is 0 Å². The quantitative estimate of drug-likeness (QED) is 0.479. The van der Waals surface area contributed by atoms with Gasteiger partial charge in [0.1, 0.15) is 4.87 Å². The molecule has 0 amide bonds. The van der Waals surface area contributed by atoms with Gasteiger partial charge in [0.15, 0.2) is 11.6 Å². The molecular weight excluding hydrogens is 295 g/mol. The molecule has 2 rings (SSSR count). The fourth-order valence-corrected chi connectivity index (χ4v) is 2.69. The number of carbonyl (C=O) groups is 2. The first-order chi connectivity index (χ1) is 9.50. The highest BCUT2D eigenvalue weighted by Crippen LogP contribution is 2.37. The molecule has 0 saturated heterocycles. The Labute approximate surface area is 127 Å². The molecule has 0 radical (unpaired) electrons. The summed E-state index contributed by atoms with van der Waals surface area (Å²) in [4.78, 5) is 23.1. The lowest BCUT2D eigenvalue weighted by molar-refractivity contribution is -0.117. The van der Waals surface area contributed by atoms with Gasteiger partial charge < -0.3 is 0 Å². The topological polar surface area (TPSA) is 34.1 Å². The maximum absolute atomic E-state index is 12.7. The Morgan fingerprint density at radius 2 is 1.95 bits per heavy atom. The molecular formula is C16H12Cl2O2. The van der Waals surface area contributed by atoms with Gasteiger partial charge in [-0.2, -0.15) is 0 Å². The van der Waals surface area contributed by atoms with E-state index in [-0.39, 0.29) is 5.78 Å². The van der Waals surface area contributed by atoms with Crippen LogP contribution in [0.3, 0.4) is 0 Å². The third-order valence-electron chi connectivity index (χ3n) is 3.18. The molecule has 2 unspecified atom stereocenters. The molecule has 0 bridgehead atoms. The molecule has 102 valence electrons. The molecule has 1 aromatic rings. The van der Waals surface area contributed by atoms with E-state index in [0.717, 1.165) is 0 Å². The Bertz CT molecular complexity index is 631. The van der Waals surface area contributed by atoms with Gasteiger partial charge in [-0.05, 0) is 18.2 Å². The molecule has 20 heavy (non-hydrogen) atoms. The first-order valence-electron chi connectivity index (χ1n) is 6.01. The fourth-order valence-electron chi connectivity index (χ4n) is 2.11. The minimum atomic E-state index is -1.47. The number of benzene rings is 1. The number of hydrogen-bond donors (Lipinski definition) is 0. The molecule has 0 saturated carbocycles. The van der Waals surface area contributed by atoms with E-state index in [0.29, 0.717) is 10.6 Å². The van der Waals surface area contributed by atoms with Crippen molar-refractivity contribution in [2.75, 3.05) is 0 Å². The predicted octanol–water partition coefficient (Wildman–Crippen LogP) is 4.00. The van der Waals surface area contributed by atoms with Crippen LogP contribution in [-0.2, 0) is 4.79 Å². The number of rotatable bonds is 4. The Morgan fingerprint density at radius 3 is 2.60 bits per heavy atom. The van der Waals surface area contributed by atoms with Crippen molar-refractivity contribution < 1.29 is 9.59 Å². The molecule has 2 atom stereocenters. The Kier molecular flexibility index (Phi) is 4.26. The summed E-state index contributed by atoms with van der Waals surface area (Å²) in [5, 5.41) is 0.310. The summed E-state index contributed by atoms with van der Waals surface area (Å²) >= 11 is 12.5. The number of carbonyl (C=O) groups excluding carboxylic acids is 2. The zero-order valence-electron chi connectivity index (χ0n) is 10.6. The first-order valence-corrected chi connectivity index (χ1v) is 6.77. The number of hydrogen-bond acceptors (Lipinski definition) is 2. The number of allylic oxidation sites excluding steroid dienone is 5. The Balaban J connectivity index is 2.48. The largest absolute Gasteiger partial charge is 0.294 e. The van der Waals surface area contributed by atoms with Crippen LogP contribution < -0.4 is 0 Å². The van der Waals surface area contributed by atoms with E-state index in [1.807, 2.05) is 0 Å². The SMILES string of the molecule is C=CC(=O)C1C=CC=CC1(Cl)C(=O)c1ccccc1Cl. The van der Waals surface area contributed by atoms with E-state index in [2.05, 4.69) is 6.58 Å². The van der Waals surface area contributed by atoms with Crippen molar-refractivity contribution >= 4 is 34.8 Å². The summed E-state index contributed by atoms with van der Waals surface area (Å²) in [6.07, 6.45) is 7.63. The van der Waals surface area contributed by atoms with Crippen LogP contribution in [0.4, 0.5) is 0 Å². The lowest BCUT2D eigenvalue weighted by atomic mass is 9.79. The molecule has 1 aliphatic carbocycles. The van der Waals surface area contributed by atoms with Gasteiger partial charge in [-0.1, -0.05) is 54.6 Å². The number of Topliss-reactive ketones (excluding diaryl/α,β-unsaturated/α-hetero) is 1. The van der Waals surface area contributed by atoms with Crippen LogP contribution in [0.25, 0.3) is 0 Å². The smallest absolute Gasteiger partial charge is 0.190 e. The van der Waals surface area contributed by atoms with Crippen molar-refractivity contribution in [3.05, 3.63) is 71.8 Å². The average Bonchev–Trinajstić information content (AvgIpc) is 2.46. The van der Waals surface area contributed by atoms with Gasteiger partial charge in [0, 0.05) is 5.56 Å². The molecule has 1 aliphatic rings. The maximum Gasteiger partial charge on any atom is 0.190 e. The van der Waals surface area contributed by atoms with Crippen molar-refractivity contribution in [2.45, 2.75) is 4.87 Å². The van der Waals surface area contributed by atoms with E-state index >= 15 is 0 Å². The van der Waals surface area contributed by atoms with Gasteiger partial charge in [0.05, 0.1) is 10.9 Å². The second-order valence-electron chi connectivity index (χ2n) is 4.41. The summed E-state index contributed by atoms with van der Waals surface area (Å²) in [6.45, 7) is 3.45. The van der Waals surface area contributed by atoms with Crippen LogP contribution in [0, 0.1) is 5.92 Å². The van der Waals surface area contributed by atoms with Crippen LogP contribution in [0.1, 0.15) is 10.4 Å².